The first-order chi connectivity index (χ1) is 17.9. The number of hydrogen-bond donors (Lipinski definition) is 2. The Hall–Kier alpha value is -1.69. The molecule has 0 aliphatic carbocycles. The third kappa shape index (κ3) is 10.1. The number of thiazole rings is 1. The number of nitrogens with zero attached hydrogens (tertiary/aromatic N) is 2. The van der Waals surface area contributed by atoms with Crippen molar-refractivity contribution in [3.8, 4) is 0 Å². The van der Waals surface area contributed by atoms with E-state index in [-0.39, 0.29) is 23.2 Å². The van der Waals surface area contributed by atoms with Gasteiger partial charge in [0.25, 0.3) is 5.91 Å². The molecule has 2 N–H and O–H groups in total. The van der Waals surface area contributed by atoms with E-state index in [2.05, 4.69) is 54.4 Å². The molecule has 9 nitrogen and oxygen atoms in total. The summed E-state index contributed by atoms with van der Waals surface area (Å²) in [5, 5.41) is 8.27. The van der Waals surface area contributed by atoms with E-state index in [9.17, 15) is 14.4 Å². The molecule has 1 aromatic rings. The van der Waals surface area contributed by atoms with Gasteiger partial charge < -0.3 is 24.7 Å². The number of amides is 2. The molecular weight excluding hydrogens is 544 g/mol. The van der Waals surface area contributed by atoms with Gasteiger partial charge in [-0.2, -0.15) is 0 Å². The van der Waals surface area contributed by atoms with Crippen molar-refractivity contribution < 1.29 is 23.5 Å². The molecule has 1 aliphatic heterocycles. The summed E-state index contributed by atoms with van der Waals surface area (Å²) in [5.74, 6) is 0.216. The number of halogens is 1. The molecule has 2 heterocycles. The number of alkyl halides is 1. The Morgan fingerprint density at radius 2 is 1.89 bits per heavy atom. The smallest absolute Gasteiger partial charge is 0.330 e. The van der Waals surface area contributed by atoms with E-state index in [4.69, 9.17) is 20.8 Å². The number of methoxy groups -OCH3 is 1. The molecule has 0 aromatic carbocycles. The van der Waals surface area contributed by atoms with Gasteiger partial charge in [0.2, 0.25) is 5.91 Å². The van der Waals surface area contributed by atoms with E-state index < -0.39 is 26.2 Å². The second-order valence-electron chi connectivity index (χ2n) is 11.4. The molecule has 2 rings (SSSR count). The third-order valence-electron chi connectivity index (χ3n) is 7.44. The van der Waals surface area contributed by atoms with Gasteiger partial charge in [0, 0.05) is 37.3 Å². The first-order valence-corrected chi connectivity index (χ1v) is 17.8. The number of unbranched alkanes of at least 4 members (excludes halogenated alkanes) is 2. The zero-order valence-electron chi connectivity index (χ0n) is 23.7. The summed E-state index contributed by atoms with van der Waals surface area (Å²) in [6.45, 7) is 12.9. The summed E-state index contributed by atoms with van der Waals surface area (Å²) in [4.78, 5) is 44.0. The zero-order chi connectivity index (χ0) is 28.3. The normalized spacial score (nSPS) is 15.7. The van der Waals surface area contributed by atoms with Gasteiger partial charge in [0.05, 0.1) is 13.7 Å². The van der Waals surface area contributed by atoms with Gasteiger partial charge in [-0.25, -0.2) is 9.78 Å². The Balaban J connectivity index is 1.84. The van der Waals surface area contributed by atoms with E-state index in [1.807, 2.05) is 0 Å². The van der Waals surface area contributed by atoms with E-state index in [1.165, 1.54) is 18.4 Å². The summed E-state index contributed by atoms with van der Waals surface area (Å²) in [6, 6.07) is -0.905. The second-order valence-corrected chi connectivity index (χ2v) is 17.4. The van der Waals surface area contributed by atoms with Crippen molar-refractivity contribution in [2.75, 3.05) is 44.1 Å². The lowest BCUT2D eigenvalue weighted by molar-refractivity contribution is -0.143. The number of esters is 1. The van der Waals surface area contributed by atoms with Crippen LogP contribution in [-0.2, 0) is 18.8 Å². The van der Waals surface area contributed by atoms with Gasteiger partial charge in [-0.3, -0.25) is 9.59 Å². The van der Waals surface area contributed by atoms with Crippen LogP contribution in [-0.4, -0.2) is 76.4 Å². The van der Waals surface area contributed by atoms with Crippen molar-refractivity contribution in [1.29, 1.82) is 0 Å². The Bertz CT molecular complexity index is 916. The average molecular weight is 589 g/mol. The van der Waals surface area contributed by atoms with Crippen molar-refractivity contribution in [2.45, 2.75) is 83.5 Å². The summed E-state index contributed by atoms with van der Waals surface area (Å²) < 4.78 is 11.1. The lowest BCUT2D eigenvalue weighted by Gasteiger charge is -2.37. The van der Waals surface area contributed by atoms with Gasteiger partial charge in [-0.15, -0.1) is 22.9 Å². The van der Waals surface area contributed by atoms with Crippen LogP contribution in [0.3, 0.4) is 0 Å². The minimum absolute atomic E-state index is 0.0231. The molecule has 2 amide bonds. The number of carbonyl (C=O) groups excluding carboxylic acids is 3. The van der Waals surface area contributed by atoms with Crippen LogP contribution in [0.25, 0.3) is 0 Å². The quantitative estimate of drug-likeness (QED) is 0.142. The van der Waals surface area contributed by atoms with Gasteiger partial charge in [-0.05, 0) is 49.7 Å². The second kappa shape index (κ2) is 15.2. The number of ether oxygens (including phenoxy) is 1. The number of nitrogens with one attached hydrogen (secondary N) is 2. The highest BCUT2D eigenvalue weighted by atomic mass is 35.5. The molecule has 1 aliphatic rings. The molecular formula is C26H45ClN4O5SSi. The number of rotatable bonds is 14. The highest BCUT2D eigenvalue weighted by molar-refractivity contribution is 7.13. The van der Waals surface area contributed by atoms with Gasteiger partial charge in [-0.1, -0.05) is 27.2 Å². The highest BCUT2D eigenvalue weighted by Gasteiger charge is 2.38. The summed E-state index contributed by atoms with van der Waals surface area (Å²) in [7, 11) is -0.811. The number of piperidine rings is 1. The van der Waals surface area contributed by atoms with Crippen LogP contribution in [0.4, 0.5) is 5.13 Å². The van der Waals surface area contributed by atoms with Crippen molar-refractivity contribution in [3.63, 3.8) is 0 Å². The molecule has 1 aromatic heterocycles. The topological polar surface area (TPSA) is 110 Å². The van der Waals surface area contributed by atoms with Crippen LogP contribution in [0.5, 0.6) is 0 Å². The first kappa shape index (κ1) is 32.5. The molecule has 12 heteroatoms. The van der Waals surface area contributed by atoms with Crippen LogP contribution in [0.15, 0.2) is 5.38 Å². The fourth-order valence-corrected chi connectivity index (χ4v) is 5.86. The lowest BCUT2D eigenvalue weighted by atomic mass is 9.97. The highest BCUT2D eigenvalue weighted by Crippen LogP contribution is 2.36. The Morgan fingerprint density at radius 1 is 1.21 bits per heavy atom. The molecule has 0 spiro atoms. The molecule has 0 radical (unpaired) electrons. The molecule has 0 bridgehead atoms. The predicted octanol–water partition coefficient (Wildman–Crippen LogP) is 4.57. The maximum atomic E-state index is 12.9. The maximum Gasteiger partial charge on any atom is 0.330 e. The monoisotopic (exact) mass is 588 g/mol. The van der Waals surface area contributed by atoms with Crippen LogP contribution in [0.2, 0.25) is 18.1 Å². The third-order valence-corrected chi connectivity index (χ3v) is 13.1. The summed E-state index contributed by atoms with van der Waals surface area (Å²) in [5.41, 5.74) is 0.273. The molecule has 1 atom stereocenters. The fourth-order valence-electron chi connectivity index (χ4n) is 3.80. The van der Waals surface area contributed by atoms with Crippen molar-refractivity contribution in [1.82, 2.24) is 15.6 Å². The predicted molar refractivity (Wildman–Crippen MR) is 156 cm³/mol. The fraction of sp³-hybridized carbons (Fsp3) is 0.769. The average Bonchev–Trinajstić information content (AvgIpc) is 3.37. The summed E-state index contributed by atoms with van der Waals surface area (Å²) >= 11 is 7.09. The van der Waals surface area contributed by atoms with Crippen molar-refractivity contribution in [2.24, 2.45) is 5.92 Å². The van der Waals surface area contributed by atoms with Gasteiger partial charge in [0.15, 0.2) is 13.4 Å². The Kier molecular flexibility index (Phi) is 13.0. The molecule has 1 saturated heterocycles. The molecule has 38 heavy (non-hydrogen) atoms. The Labute approximate surface area is 237 Å². The maximum absolute atomic E-state index is 12.9. The summed E-state index contributed by atoms with van der Waals surface area (Å²) in [6.07, 6.45) is 5.26. The minimum atomic E-state index is -2.11. The first-order valence-electron chi connectivity index (χ1n) is 13.4. The van der Waals surface area contributed by atoms with Crippen LogP contribution < -0.4 is 15.5 Å². The van der Waals surface area contributed by atoms with Gasteiger partial charge in [0.1, 0.15) is 11.7 Å². The number of carbonyl (C=O) groups is 3. The standard InChI is InChI=1S/C26H45ClN4O5SSi/c1-26(2,3)38(5,6)36-17-20(24(34)35-4)29-23(33)21-18-37-25(30-21)31-14-11-19(12-15-31)16-28-22(32)10-8-7-9-13-27/h18-20H,7-17H2,1-6H3,(H,28,32)(H,29,33)/t20-/m0/s1. The minimum Gasteiger partial charge on any atom is -0.467 e. The largest absolute Gasteiger partial charge is 0.467 e. The number of anilines is 1. The molecule has 0 unspecified atom stereocenters. The van der Waals surface area contributed by atoms with Crippen molar-refractivity contribution in [3.05, 3.63) is 11.1 Å². The van der Waals surface area contributed by atoms with E-state index >= 15 is 0 Å². The van der Waals surface area contributed by atoms with Crippen LogP contribution in [0.1, 0.15) is 69.8 Å². The van der Waals surface area contributed by atoms with E-state index in [0.717, 1.165) is 50.3 Å². The molecule has 0 saturated carbocycles. The molecule has 1 fully saturated rings. The zero-order valence-corrected chi connectivity index (χ0v) is 26.3. The van der Waals surface area contributed by atoms with Crippen molar-refractivity contribution >= 4 is 54.2 Å². The SMILES string of the molecule is COC(=O)[C@H](CO[Si](C)(C)C(C)(C)C)NC(=O)c1csc(N2CCC(CNC(=O)CCCCCCl)CC2)n1. The van der Waals surface area contributed by atoms with E-state index in [0.29, 0.717) is 24.8 Å². The van der Waals surface area contributed by atoms with Gasteiger partial charge >= 0.3 is 5.97 Å². The van der Waals surface area contributed by atoms with Crippen LogP contribution in [0, 0.1) is 5.92 Å². The number of aromatic nitrogens is 1. The number of hydrogen-bond acceptors (Lipinski definition) is 8. The lowest BCUT2D eigenvalue weighted by Crippen LogP contribution is -2.49. The Morgan fingerprint density at radius 3 is 2.50 bits per heavy atom. The van der Waals surface area contributed by atoms with Crippen LogP contribution >= 0.6 is 22.9 Å². The van der Waals surface area contributed by atoms with E-state index in [1.54, 1.807) is 5.38 Å². The molecule has 216 valence electrons.